The van der Waals surface area contributed by atoms with Crippen molar-refractivity contribution in [3.05, 3.63) is 47.2 Å². The number of imidazole rings is 1. The summed E-state index contributed by atoms with van der Waals surface area (Å²) in [6.07, 6.45) is 0. The number of aromatic nitrogens is 2. The molecule has 0 aliphatic rings. The Hall–Kier alpha value is -2.07. The van der Waals surface area contributed by atoms with Gasteiger partial charge in [-0.2, -0.15) is 0 Å². The first-order chi connectivity index (χ1) is 9.17. The van der Waals surface area contributed by atoms with Crippen LogP contribution in [0.15, 0.2) is 36.4 Å². The normalized spacial score (nSPS) is 10.9. The van der Waals surface area contributed by atoms with Gasteiger partial charge in [0.1, 0.15) is 17.4 Å². The van der Waals surface area contributed by atoms with Crippen LogP contribution in [0, 0.1) is 5.82 Å². The molecule has 96 valence electrons. The van der Waals surface area contributed by atoms with Gasteiger partial charge in [0, 0.05) is 5.02 Å². The number of fused-ring (bicyclic) bond motifs is 1. The van der Waals surface area contributed by atoms with Crippen LogP contribution in [0.5, 0.6) is 5.75 Å². The standard InChI is InChI=1S/C14H10ClFN2O/c1-19-13-5-2-8(15)6-10(13)14-17-11-4-3-9(16)7-12(11)18-14/h2-7H,1H3,(H,17,18). The summed E-state index contributed by atoms with van der Waals surface area (Å²) in [5.74, 6) is 0.949. The summed E-state index contributed by atoms with van der Waals surface area (Å²) in [5, 5.41) is 0.586. The van der Waals surface area contributed by atoms with Crippen LogP contribution < -0.4 is 4.74 Å². The van der Waals surface area contributed by atoms with Crippen molar-refractivity contribution in [3.63, 3.8) is 0 Å². The minimum Gasteiger partial charge on any atom is -0.496 e. The molecule has 0 spiro atoms. The summed E-state index contributed by atoms with van der Waals surface area (Å²) in [7, 11) is 1.58. The molecular formula is C14H10ClFN2O. The van der Waals surface area contributed by atoms with Crippen molar-refractivity contribution in [1.29, 1.82) is 0 Å². The van der Waals surface area contributed by atoms with E-state index in [0.717, 1.165) is 5.56 Å². The average Bonchev–Trinajstić information content (AvgIpc) is 2.81. The molecule has 5 heteroatoms. The second kappa shape index (κ2) is 4.55. The van der Waals surface area contributed by atoms with Gasteiger partial charge >= 0.3 is 0 Å². The van der Waals surface area contributed by atoms with E-state index in [1.807, 2.05) is 0 Å². The Labute approximate surface area is 114 Å². The lowest BCUT2D eigenvalue weighted by Crippen LogP contribution is -1.89. The van der Waals surface area contributed by atoms with Crippen LogP contribution in [0.2, 0.25) is 5.02 Å². The van der Waals surface area contributed by atoms with E-state index < -0.39 is 0 Å². The van der Waals surface area contributed by atoms with Gasteiger partial charge in [-0.3, -0.25) is 0 Å². The first kappa shape index (κ1) is 12.0. The highest BCUT2D eigenvalue weighted by atomic mass is 35.5. The van der Waals surface area contributed by atoms with Crippen molar-refractivity contribution in [1.82, 2.24) is 9.97 Å². The minimum atomic E-state index is -0.305. The van der Waals surface area contributed by atoms with Crippen LogP contribution in [-0.2, 0) is 0 Å². The molecule has 0 radical (unpaired) electrons. The molecule has 0 bridgehead atoms. The largest absolute Gasteiger partial charge is 0.496 e. The van der Waals surface area contributed by atoms with Crippen molar-refractivity contribution in [3.8, 4) is 17.1 Å². The first-order valence-electron chi connectivity index (χ1n) is 5.66. The number of hydrogen-bond donors (Lipinski definition) is 1. The van der Waals surface area contributed by atoms with Crippen molar-refractivity contribution in [2.45, 2.75) is 0 Å². The molecule has 1 aromatic heterocycles. The van der Waals surface area contributed by atoms with Crippen LogP contribution in [0.1, 0.15) is 0 Å². The maximum atomic E-state index is 13.2. The van der Waals surface area contributed by atoms with Gasteiger partial charge in [-0.15, -0.1) is 0 Å². The van der Waals surface area contributed by atoms with Crippen molar-refractivity contribution in [2.75, 3.05) is 7.11 Å². The van der Waals surface area contributed by atoms with Crippen molar-refractivity contribution < 1.29 is 9.13 Å². The lowest BCUT2D eigenvalue weighted by molar-refractivity contribution is 0.416. The van der Waals surface area contributed by atoms with Crippen LogP contribution >= 0.6 is 11.6 Å². The van der Waals surface area contributed by atoms with Gasteiger partial charge in [-0.05, 0) is 36.4 Å². The van der Waals surface area contributed by atoms with E-state index in [-0.39, 0.29) is 5.82 Å². The quantitative estimate of drug-likeness (QED) is 0.767. The number of ether oxygens (including phenoxy) is 1. The lowest BCUT2D eigenvalue weighted by atomic mass is 10.2. The maximum Gasteiger partial charge on any atom is 0.142 e. The molecule has 1 heterocycles. The van der Waals surface area contributed by atoms with E-state index >= 15 is 0 Å². The Balaban J connectivity index is 2.21. The molecule has 3 nitrogen and oxygen atoms in total. The van der Waals surface area contributed by atoms with Crippen molar-refractivity contribution in [2.24, 2.45) is 0 Å². The third-order valence-corrected chi connectivity index (χ3v) is 3.10. The Morgan fingerprint density at radius 3 is 2.84 bits per heavy atom. The first-order valence-corrected chi connectivity index (χ1v) is 6.04. The zero-order valence-corrected chi connectivity index (χ0v) is 10.8. The average molecular weight is 277 g/mol. The Morgan fingerprint density at radius 1 is 1.21 bits per heavy atom. The van der Waals surface area contributed by atoms with Crippen LogP contribution in [0.4, 0.5) is 4.39 Å². The third kappa shape index (κ3) is 2.15. The fourth-order valence-electron chi connectivity index (χ4n) is 1.97. The summed E-state index contributed by atoms with van der Waals surface area (Å²) in [4.78, 5) is 7.48. The lowest BCUT2D eigenvalue weighted by Gasteiger charge is -2.05. The van der Waals surface area contributed by atoms with Gasteiger partial charge in [0.05, 0.1) is 23.7 Å². The summed E-state index contributed by atoms with van der Waals surface area (Å²) in [6, 6.07) is 9.68. The summed E-state index contributed by atoms with van der Waals surface area (Å²) in [5.41, 5.74) is 2.07. The molecule has 0 aliphatic heterocycles. The van der Waals surface area contributed by atoms with E-state index in [0.29, 0.717) is 27.6 Å². The van der Waals surface area contributed by atoms with Crippen LogP contribution in [0.25, 0.3) is 22.4 Å². The van der Waals surface area contributed by atoms with Gasteiger partial charge in [0.25, 0.3) is 0 Å². The zero-order valence-electron chi connectivity index (χ0n) is 10.1. The van der Waals surface area contributed by atoms with Crippen LogP contribution in [0.3, 0.4) is 0 Å². The van der Waals surface area contributed by atoms with Gasteiger partial charge < -0.3 is 9.72 Å². The Morgan fingerprint density at radius 2 is 2.05 bits per heavy atom. The molecule has 0 saturated carbocycles. The number of benzene rings is 2. The molecule has 19 heavy (non-hydrogen) atoms. The second-order valence-corrected chi connectivity index (χ2v) is 4.53. The van der Waals surface area contributed by atoms with Gasteiger partial charge in [-0.1, -0.05) is 11.6 Å². The molecular weight excluding hydrogens is 267 g/mol. The molecule has 0 amide bonds. The Kier molecular flexibility index (Phi) is 2.87. The van der Waals surface area contributed by atoms with Gasteiger partial charge in [0.2, 0.25) is 0 Å². The molecule has 0 atom stereocenters. The predicted octanol–water partition coefficient (Wildman–Crippen LogP) is 4.03. The highest BCUT2D eigenvalue weighted by molar-refractivity contribution is 6.30. The number of hydrogen-bond acceptors (Lipinski definition) is 2. The molecule has 0 saturated heterocycles. The van der Waals surface area contributed by atoms with E-state index in [9.17, 15) is 4.39 Å². The van der Waals surface area contributed by atoms with Gasteiger partial charge in [-0.25, -0.2) is 9.37 Å². The minimum absolute atomic E-state index is 0.305. The van der Waals surface area contributed by atoms with E-state index in [4.69, 9.17) is 16.3 Å². The van der Waals surface area contributed by atoms with E-state index in [1.54, 1.807) is 31.4 Å². The highest BCUT2D eigenvalue weighted by Gasteiger charge is 2.11. The topological polar surface area (TPSA) is 37.9 Å². The summed E-state index contributed by atoms with van der Waals surface area (Å²) >= 11 is 5.99. The molecule has 1 N–H and O–H groups in total. The fourth-order valence-corrected chi connectivity index (χ4v) is 2.15. The monoisotopic (exact) mass is 276 g/mol. The maximum absolute atomic E-state index is 13.2. The smallest absolute Gasteiger partial charge is 0.142 e. The molecule has 2 aromatic carbocycles. The molecule has 0 aliphatic carbocycles. The van der Waals surface area contributed by atoms with Gasteiger partial charge in [0.15, 0.2) is 0 Å². The number of nitrogens with zero attached hydrogens (tertiary/aromatic N) is 1. The number of rotatable bonds is 2. The number of H-pyrrole nitrogens is 1. The number of aromatic amines is 1. The summed E-state index contributed by atoms with van der Waals surface area (Å²) in [6.45, 7) is 0. The molecule has 3 aromatic rings. The van der Waals surface area contributed by atoms with E-state index in [1.165, 1.54) is 12.1 Å². The summed E-state index contributed by atoms with van der Waals surface area (Å²) < 4.78 is 18.4. The molecule has 0 unspecified atom stereocenters. The molecule has 0 fully saturated rings. The third-order valence-electron chi connectivity index (χ3n) is 2.86. The fraction of sp³-hybridized carbons (Fsp3) is 0.0714. The predicted molar refractivity (Wildman–Crippen MR) is 73.0 cm³/mol. The highest BCUT2D eigenvalue weighted by Crippen LogP contribution is 2.31. The number of methoxy groups -OCH3 is 1. The van der Waals surface area contributed by atoms with E-state index in [2.05, 4.69) is 9.97 Å². The number of halogens is 2. The second-order valence-electron chi connectivity index (χ2n) is 4.09. The number of nitrogens with one attached hydrogen (secondary N) is 1. The molecule has 3 rings (SSSR count). The Bertz CT molecular complexity index is 754. The van der Waals surface area contributed by atoms with Crippen LogP contribution in [-0.4, -0.2) is 17.1 Å². The zero-order chi connectivity index (χ0) is 13.4. The SMILES string of the molecule is COc1ccc(Cl)cc1-c1nc2ccc(F)cc2[nH]1. The van der Waals surface area contributed by atoms with Crippen molar-refractivity contribution >= 4 is 22.6 Å².